The zero-order valence-electron chi connectivity index (χ0n) is 11.0. The van der Waals surface area contributed by atoms with Crippen LogP contribution in [-0.2, 0) is 0 Å². The second kappa shape index (κ2) is 5.10. The molecule has 3 N–H and O–H groups in total. The number of rotatable bonds is 2. The summed E-state index contributed by atoms with van der Waals surface area (Å²) in [6.45, 7) is 2.08. The monoisotopic (exact) mass is 319 g/mol. The molecule has 0 saturated heterocycles. The molecule has 1 aromatic carbocycles. The lowest BCUT2D eigenvalue weighted by molar-refractivity contribution is 0.701. The van der Waals surface area contributed by atoms with Crippen molar-refractivity contribution in [2.45, 2.75) is 38.5 Å². The number of nitrogens with two attached hydrogens (primary N) is 1. The molecule has 19 heavy (non-hydrogen) atoms. The second-order valence-electron chi connectivity index (χ2n) is 5.36. The summed E-state index contributed by atoms with van der Waals surface area (Å²) in [5.41, 5.74) is 7.17. The van der Waals surface area contributed by atoms with Gasteiger partial charge < -0.3 is 5.43 Å². The van der Waals surface area contributed by atoms with Crippen LogP contribution in [0.1, 0.15) is 42.9 Å². The number of pyridine rings is 1. The number of hydrogen-bond donors (Lipinski definition) is 2. The summed E-state index contributed by atoms with van der Waals surface area (Å²) in [6.07, 6.45) is 5.10. The van der Waals surface area contributed by atoms with Gasteiger partial charge in [0, 0.05) is 21.5 Å². The molecule has 3 nitrogen and oxygen atoms in total. The lowest BCUT2D eigenvalue weighted by Gasteiger charge is -2.14. The first-order chi connectivity index (χ1) is 9.19. The van der Waals surface area contributed by atoms with Crippen LogP contribution >= 0.6 is 15.9 Å². The van der Waals surface area contributed by atoms with Gasteiger partial charge in [0.15, 0.2) is 0 Å². The minimum atomic E-state index is 0.588. The zero-order chi connectivity index (χ0) is 13.4. The highest BCUT2D eigenvalue weighted by Crippen LogP contribution is 2.37. The topological polar surface area (TPSA) is 50.9 Å². The number of nitrogens with zero attached hydrogens (tertiary/aromatic N) is 1. The molecule has 0 radical (unpaired) electrons. The van der Waals surface area contributed by atoms with Crippen LogP contribution in [0.25, 0.3) is 10.9 Å². The smallest absolute Gasteiger partial charge is 0.0868 e. The molecule has 4 heteroatoms. The number of aryl methyl sites for hydroxylation is 1. The van der Waals surface area contributed by atoms with Crippen molar-refractivity contribution in [3.8, 4) is 0 Å². The van der Waals surface area contributed by atoms with Crippen molar-refractivity contribution >= 4 is 32.5 Å². The normalized spacial score (nSPS) is 16.2. The molecule has 1 aliphatic carbocycles. The van der Waals surface area contributed by atoms with Gasteiger partial charge in [-0.3, -0.25) is 10.8 Å². The van der Waals surface area contributed by atoms with Crippen molar-refractivity contribution in [1.29, 1.82) is 0 Å². The van der Waals surface area contributed by atoms with Gasteiger partial charge >= 0.3 is 0 Å². The fourth-order valence-corrected chi connectivity index (χ4v) is 3.65. The van der Waals surface area contributed by atoms with E-state index in [-0.39, 0.29) is 0 Å². The molecular formula is C15H18BrN3. The van der Waals surface area contributed by atoms with Crippen molar-refractivity contribution in [2.24, 2.45) is 5.84 Å². The Balaban J connectivity index is 2.21. The summed E-state index contributed by atoms with van der Waals surface area (Å²) in [4.78, 5) is 4.86. The average molecular weight is 320 g/mol. The number of benzene rings is 1. The average Bonchev–Trinajstić information content (AvgIpc) is 2.91. The van der Waals surface area contributed by atoms with Crippen molar-refractivity contribution in [1.82, 2.24) is 4.98 Å². The predicted octanol–water partition coefficient (Wildman–Crippen LogP) is 4.25. The van der Waals surface area contributed by atoms with E-state index in [0.717, 1.165) is 21.1 Å². The first-order valence-electron chi connectivity index (χ1n) is 6.76. The van der Waals surface area contributed by atoms with Crippen molar-refractivity contribution in [3.63, 3.8) is 0 Å². The molecule has 0 bridgehead atoms. The summed E-state index contributed by atoms with van der Waals surface area (Å²) in [7, 11) is 0. The molecule has 0 atom stereocenters. The third-order valence-corrected chi connectivity index (χ3v) is 4.56. The largest absolute Gasteiger partial charge is 0.323 e. The minimum Gasteiger partial charge on any atom is -0.323 e. The van der Waals surface area contributed by atoms with Gasteiger partial charge in [-0.2, -0.15) is 0 Å². The quantitative estimate of drug-likeness (QED) is 0.642. The maximum atomic E-state index is 5.69. The fourth-order valence-electron chi connectivity index (χ4n) is 2.99. The number of halogens is 1. The maximum Gasteiger partial charge on any atom is 0.0868 e. The van der Waals surface area contributed by atoms with E-state index in [4.69, 9.17) is 10.8 Å². The number of nitrogen functional groups attached to an aromatic ring is 1. The van der Waals surface area contributed by atoms with E-state index in [1.54, 1.807) is 0 Å². The lowest BCUT2D eigenvalue weighted by Crippen LogP contribution is -2.09. The van der Waals surface area contributed by atoms with Gasteiger partial charge in [-0.15, -0.1) is 0 Å². The molecule has 100 valence electrons. The highest BCUT2D eigenvalue weighted by Gasteiger charge is 2.20. The van der Waals surface area contributed by atoms with Crippen LogP contribution < -0.4 is 11.3 Å². The number of hydrogen-bond acceptors (Lipinski definition) is 3. The van der Waals surface area contributed by atoms with Crippen LogP contribution in [0.15, 0.2) is 22.7 Å². The highest BCUT2D eigenvalue weighted by atomic mass is 79.9. The SMILES string of the molecule is Cc1cc(Br)c2nc(C3CCCC3)cc(NN)c2c1. The molecule has 1 aromatic heterocycles. The van der Waals surface area contributed by atoms with Crippen molar-refractivity contribution < 1.29 is 0 Å². The fraction of sp³-hybridized carbons (Fsp3) is 0.400. The van der Waals surface area contributed by atoms with Crippen LogP contribution in [0, 0.1) is 6.92 Å². The van der Waals surface area contributed by atoms with Gasteiger partial charge in [0.05, 0.1) is 11.2 Å². The zero-order valence-corrected chi connectivity index (χ0v) is 12.6. The second-order valence-corrected chi connectivity index (χ2v) is 6.22. The molecule has 1 fully saturated rings. The van der Waals surface area contributed by atoms with E-state index in [1.807, 2.05) is 0 Å². The summed E-state index contributed by atoms with van der Waals surface area (Å²) in [5, 5.41) is 1.08. The van der Waals surface area contributed by atoms with Crippen LogP contribution in [0.5, 0.6) is 0 Å². The Hall–Kier alpha value is -1.13. The molecule has 3 rings (SSSR count). The Morgan fingerprint density at radius 3 is 2.68 bits per heavy atom. The van der Waals surface area contributed by atoms with Gasteiger partial charge in [0.25, 0.3) is 0 Å². The molecule has 0 unspecified atom stereocenters. The number of aromatic nitrogens is 1. The molecule has 2 aromatic rings. The third kappa shape index (κ3) is 2.35. The number of nitrogens with one attached hydrogen (secondary N) is 1. The third-order valence-electron chi connectivity index (χ3n) is 3.96. The summed E-state index contributed by atoms with van der Waals surface area (Å²) < 4.78 is 1.04. The molecule has 1 saturated carbocycles. The first kappa shape index (κ1) is 12.9. The molecule has 1 heterocycles. The highest BCUT2D eigenvalue weighted by molar-refractivity contribution is 9.10. The minimum absolute atomic E-state index is 0.588. The van der Waals surface area contributed by atoms with Crippen molar-refractivity contribution in [3.05, 3.63) is 33.9 Å². The number of fused-ring (bicyclic) bond motifs is 1. The Morgan fingerprint density at radius 2 is 2.00 bits per heavy atom. The van der Waals surface area contributed by atoms with Gasteiger partial charge in [-0.25, -0.2) is 0 Å². The molecule has 0 aliphatic heterocycles. The van der Waals surface area contributed by atoms with Crippen LogP contribution in [0.2, 0.25) is 0 Å². The lowest BCUT2D eigenvalue weighted by atomic mass is 10.0. The van der Waals surface area contributed by atoms with Gasteiger partial charge in [-0.05, 0) is 59.5 Å². The van der Waals surface area contributed by atoms with Gasteiger partial charge in [0.2, 0.25) is 0 Å². The van der Waals surface area contributed by atoms with Gasteiger partial charge in [0.1, 0.15) is 0 Å². The maximum absolute atomic E-state index is 5.69. The van der Waals surface area contributed by atoms with Crippen LogP contribution in [0.4, 0.5) is 5.69 Å². The first-order valence-corrected chi connectivity index (χ1v) is 7.56. The predicted molar refractivity (Wildman–Crippen MR) is 83.2 cm³/mol. The molecular weight excluding hydrogens is 302 g/mol. The van der Waals surface area contributed by atoms with E-state index in [0.29, 0.717) is 5.92 Å². The van der Waals surface area contributed by atoms with E-state index < -0.39 is 0 Å². The van der Waals surface area contributed by atoms with E-state index >= 15 is 0 Å². The molecule has 0 spiro atoms. The Kier molecular flexibility index (Phi) is 3.46. The van der Waals surface area contributed by atoms with Crippen LogP contribution in [0.3, 0.4) is 0 Å². The summed E-state index contributed by atoms with van der Waals surface area (Å²) in [5.74, 6) is 6.28. The number of anilines is 1. The standard InChI is InChI=1S/C15H18BrN3/c1-9-6-11-14(19-17)8-13(10-4-2-3-5-10)18-15(11)12(16)7-9/h6-8,10H,2-5,17H2,1H3,(H,18,19). The summed E-state index contributed by atoms with van der Waals surface area (Å²) >= 11 is 3.62. The molecule has 1 aliphatic rings. The summed E-state index contributed by atoms with van der Waals surface area (Å²) in [6, 6.07) is 6.35. The Morgan fingerprint density at radius 1 is 1.26 bits per heavy atom. The van der Waals surface area contributed by atoms with E-state index in [2.05, 4.69) is 46.5 Å². The Labute approximate surface area is 121 Å². The number of hydrazine groups is 1. The van der Waals surface area contributed by atoms with Crippen molar-refractivity contribution in [2.75, 3.05) is 5.43 Å². The molecule has 0 amide bonds. The van der Waals surface area contributed by atoms with Crippen LogP contribution in [-0.4, -0.2) is 4.98 Å². The van der Waals surface area contributed by atoms with E-state index in [1.165, 1.54) is 36.9 Å². The van der Waals surface area contributed by atoms with E-state index in [9.17, 15) is 0 Å². The van der Waals surface area contributed by atoms with Gasteiger partial charge in [-0.1, -0.05) is 12.8 Å². The Bertz CT molecular complexity index is 618.